The third kappa shape index (κ3) is 8.36. The second-order valence-corrected chi connectivity index (χ2v) is 12.6. The lowest BCUT2D eigenvalue weighted by Crippen LogP contribution is -2.32. The molecule has 1 fully saturated rings. The van der Waals surface area contributed by atoms with Crippen LogP contribution in [0, 0.1) is 18.7 Å². The Morgan fingerprint density at radius 1 is 1.02 bits per heavy atom. The predicted octanol–water partition coefficient (Wildman–Crippen LogP) is 5.78. The van der Waals surface area contributed by atoms with Crippen LogP contribution in [-0.2, 0) is 11.3 Å². The van der Waals surface area contributed by atoms with E-state index in [9.17, 15) is 14.4 Å². The molecule has 1 unspecified atom stereocenters. The van der Waals surface area contributed by atoms with Gasteiger partial charge in [-0.15, -0.1) is 0 Å². The molecule has 1 atom stereocenters. The smallest absolute Gasteiger partial charge is 0.407 e. The fourth-order valence-electron chi connectivity index (χ4n) is 5.02. The lowest BCUT2D eigenvalue weighted by molar-refractivity contribution is 0.0523. The van der Waals surface area contributed by atoms with Gasteiger partial charge in [-0.3, -0.25) is 9.59 Å². The Kier molecular flexibility index (Phi) is 9.52. The number of amides is 3. The van der Waals surface area contributed by atoms with E-state index >= 15 is 4.39 Å². The molecule has 4 aromatic rings. The van der Waals surface area contributed by atoms with Crippen molar-refractivity contribution in [2.45, 2.75) is 58.7 Å². The Morgan fingerprint density at radius 3 is 2.41 bits per heavy atom. The van der Waals surface area contributed by atoms with E-state index < -0.39 is 29.3 Å². The van der Waals surface area contributed by atoms with Gasteiger partial charge in [0.1, 0.15) is 17.1 Å². The number of alkyl carbamates (subject to hydrolysis) is 1. The number of hydrogen-bond donors (Lipinski definition) is 4. The average Bonchev–Trinajstić information content (AvgIpc) is 3.75. The predicted molar refractivity (Wildman–Crippen MR) is 173 cm³/mol. The quantitative estimate of drug-likeness (QED) is 0.166. The van der Waals surface area contributed by atoms with E-state index in [1.807, 2.05) is 18.2 Å². The van der Waals surface area contributed by atoms with Crippen LogP contribution >= 0.6 is 0 Å². The van der Waals surface area contributed by atoms with Gasteiger partial charge in [0, 0.05) is 12.1 Å². The molecule has 1 heterocycles. The van der Waals surface area contributed by atoms with Crippen molar-refractivity contribution in [2.24, 2.45) is 11.7 Å². The first-order valence-corrected chi connectivity index (χ1v) is 15.2. The average molecular weight is 627 g/mol. The van der Waals surface area contributed by atoms with Gasteiger partial charge < -0.3 is 26.4 Å². The molecular formula is C35H39FN6O4. The van der Waals surface area contributed by atoms with Crippen molar-refractivity contribution in [3.8, 4) is 5.69 Å². The van der Waals surface area contributed by atoms with Gasteiger partial charge >= 0.3 is 6.09 Å². The summed E-state index contributed by atoms with van der Waals surface area (Å²) in [5.74, 6) is -1.05. The number of carbonyl (C=O) groups excluding carboxylic acids is 3. The van der Waals surface area contributed by atoms with Crippen LogP contribution in [-0.4, -0.2) is 39.8 Å². The molecule has 5 N–H and O–H groups in total. The highest BCUT2D eigenvalue weighted by molar-refractivity contribution is 6.03. The van der Waals surface area contributed by atoms with Crippen LogP contribution in [0.5, 0.6) is 0 Å². The van der Waals surface area contributed by atoms with Gasteiger partial charge in [0.15, 0.2) is 0 Å². The van der Waals surface area contributed by atoms with Crippen molar-refractivity contribution in [3.05, 3.63) is 112 Å². The molecule has 11 heteroatoms. The first-order valence-electron chi connectivity index (χ1n) is 15.2. The molecule has 46 heavy (non-hydrogen) atoms. The second-order valence-electron chi connectivity index (χ2n) is 12.6. The fourth-order valence-corrected chi connectivity index (χ4v) is 5.02. The second kappa shape index (κ2) is 13.5. The van der Waals surface area contributed by atoms with Crippen molar-refractivity contribution >= 4 is 23.6 Å². The van der Waals surface area contributed by atoms with Gasteiger partial charge in [-0.25, -0.2) is 13.9 Å². The summed E-state index contributed by atoms with van der Waals surface area (Å²) in [6.45, 7) is 8.13. The molecule has 3 amide bonds. The molecule has 0 aliphatic heterocycles. The van der Waals surface area contributed by atoms with E-state index in [1.165, 1.54) is 10.7 Å². The molecule has 1 aliphatic rings. The number of hydrogen-bond acceptors (Lipinski definition) is 6. The summed E-state index contributed by atoms with van der Waals surface area (Å²) < 4.78 is 22.0. The maximum Gasteiger partial charge on any atom is 0.407 e. The van der Waals surface area contributed by atoms with E-state index in [4.69, 9.17) is 10.5 Å². The number of carbonyl (C=O) groups is 3. The standard InChI is InChI=1S/C35H39FN6O4/c1-21-16-30(42(41-21)27-7-5-6-23(17-27)20-39-34(45)46-35(2,3)4)33(44)40-29-18-26(14-15-28(29)36)31(38-19-22-8-9-22)24-10-12-25(13-11-24)32(37)43/h5-7,10-18,22,31,38H,8-9,19-20H2,1-4H3,(H2,37,43)(H,39,45)(H,40,44). The molecule has 1 aliphatic carbocycles. The van der Waals surface area contributed by atoms with E-state index in [2.05, 4.69) is 21.0 Å². The highest BCUT2D eigenvalue weighted by atomic mass is 19.1. The number of primary amides is 1. The lowest BCUT2D eigenvalue weighted by Gasteiger charge is -2.21. The molecular weight excluding hydrogens is 587 g/mol. The highest BCUT2D eigenvalue weighted by Gasteiger charge is 2.25. The molecule has 1 aromatic heterocycles. The van der Waals surface area contributed by atoms with Gasteiger partial charge in [0.2, 0.25) is 5.91 Å². The molecule has 5 rings (SSSR count). The third-order valence-electron chi connectivity index (χ3n) is 7.46. The Morgan fingerprint density at radius 2 is 1.74 bits per heavy atom. The van der Waals surface area contributed by atoms with Crippen LogP contribution in [0.4, 0.5) is 14.9 Å². The number of halogens is 1. The van der Waals surface area contributed by atoms with Gasteiger partial charge in [0.05, 0.1) is 23.1 Å². The van der Waals surface area contributed by atoms with Crippen LogP contribution in [0.3, 0.4) is 0 Å². The van der Waals surface area contributed by atoms with Crippen molar-refractivity contribution in [1.29, 1.82) is 0 Å². The van der Waals surface area contributed by atoms with Crippen molar-refractivity contribution in [1.82, 2.24) is 20.4 Å². The molecule has 240 valence electrons. The minimum absolute atomic E-state index is 0.0233. The summed E-state index contributed by atoms with van der Waals surface area (Å²) in [5.41, 5.74) is 9.03. The van der Waals surface area contributed by atoms with Crippen LogP contribution in [0.25, 0.3) is 5.69 Å². The molecule has 3 aromatic carbocycles. The summed E-state index contributed by atoms with van der Waals surface area (Å²) in [4.78, 5) is 37.3. The maximum atomic E-state index is 15.2. The number of benzene rings is 3. The number of nitrogens with one attached hydrogen (secondary N) is 3. The molecule has 0 radical (unpaired) electrons. The number of nitrogens with zero attached hydrogens (tertiary/aromatic N) is 2. The van der Waals surface area contributed by atoms with Gasteiger partial charge in [-0.05, 0) is 112 Å². The van der Waals surface area contributed by atoms with Crippen LogP contribution in [0.2, 0.25) is 0 Å². The fraction of sp³-hybridized carbons (Fsp3) is 0.314. The minimum Gasteiger partial charge on any atom is -0.444 e. The maximum absolute atomic E-state index is 15.2. The Hall–Kier alpha value is -5.03. The monoisotopic (exact) mass is 626 g/mol. The first-order chi connectivity index (χ1) is 21.9. The van der Waals surface area contributed by atoms with E-state index in [1.54, 1.807) is 76.2 Å². The summed E-state index contributed by atoms with van der Waals surface area (Å²) >= 11 is 0. The first kappa shape index (κ1) is 32.4. The number of nitrogens with two attached hydrogens (primary N) is 1. The lowest BCUT2D eigenvalue weighted by atomic mass is 9.96. The van der Waals surface area contributed by atoms with Crippen molar-refractivity contribution in [2.75, 3.05) is 11.9 Å². The number of rotatable bonds is 11. The van der Waals surface area contributed by atoms with Crippen LogP contribution in [0.1, 0.15) is 82.9 Å². The van der Waals surface area contributed by atoms with Gasteiger partial charge in [-0.1, -0.05) is 30.3 Å². The van der Waals surface area contributed by atoms with Crippen LogP contribution < -0.4 is 21.7 Å². The summed E-state index contributed by atoms with van der Waals surface area (Å²) in [5, 5.41) is 13.5. The van der Waals surface area contributed by atoms with Crippen molar-refractivity contribution < 1.29 is 23.5 Å². The zero-order valence-electron chi connectivity index (χ0n) is 26.4. The van der Waals surface area contributed by atoms with Gasteiger partial charge in [-0.2, -0.15) is 5.10 Å². The Bertz CT molecular complexity index is 1740. The molecule has 0 spiro atoms. The summed E-state index contributed by atoms with van der Waals surface area (Å²) in [6.07, 6.45) is 1.77. The SMILES string of the molecule is Cc1cc(C(=O)Nc2cc(C(NCC3CC3)c3ccc(C(N)=O)cc3)ccc2F)n(-c2cccc(CNC(=O)OC(C)(C)C)c2)n1. The largest absolute Gasteiger partial charge is 0.444 e. The Balaban J connectivity index is 1.37. The normalized spacial score (nSPS) is 13.6. The molecule has 1 saturated carbocycles. The number of aryl methyl sites for hydroxylation is 1. The van der Waals surface area contributed by atoms with Crippen molar-refractivity contribution in [3.63, 3.8) is 0 Å². The van der Waals surface area contributed by atoms with E-state index in [0.717, 1.165) is 36.1 Å². The van der Waals surface area contributed by atoms with E-state index in [0.29, 0.717) is 22.9 Å². The highest BCUT2D eigenvalue weighted by Crippen LogP contribution is 2.31. The Labute approximate surface area is 267 Å². The molecule has 0 bridgehead atoms. The third-order valence-corrected chi connectivity index (χ3v) is 7.46. The zero-order valence-corrected chi connectivity index (χ0v) is 26.4. The van der Waals surface area contributed by atoms with E-state index in [-0.39, 0.29) is 24.0 Å². The number of ether oxygens (including phenoxy) is 1. The van der Waals surface area contributed by atoms with Gasteiger partial charge in [0.25, 0.3) is 5.91 Å². The topological polar surface area (TPSA) is 140 Å². The minimum atomic E-state index is -0.620. The zero-order chi connectivity index (χ0) is 33.0. The summed E-state index contributed by atoms with van der Waals surface area (Å²) in [7, 11) is 0. The summed E-state index contributed by atoms with van der Waals surface area (Å²) in [6, 6.07) is 20.2. The molecule has 0 saturated heterocycles. The van der Waals surface area contributed by atoms with Crippen LogP contribution in [0.15, 0.2) is 72.8 Å². The number of anilines is 1. The number of aromatic nitrogens is 2. The molecule has 10 nitrogen and oxygen atoms in total.